The maximum Gasteiger partial charge on any atom is 0.238 e. The van der Waals surface area contributed by atoms with Gasteiger partial charge < -0.3 is 15.4 Å². The Morgan fingerprint density at radius 1 is 1.44 bits per heavy atom. The van der Waals surface area contributed by atoms with Crippen molar-refractivity contribution in [3.05, 3.63) is 29.3 Å². The number of nitrogens with two attached hydrogens (primary N) is 1. The smallest absolute Gasteiger partial charge is 0.238 e. The molecular formula is C14H20N2O2. The van der Waals surface area contributed by atoms with Crippen molar-refractivity contribution in [3.8, 4) is 0 Å². The maximum atomic E-state index is 12.5. The molecule has 1 aliphatic rings. The Kier molecular flexibility index (Phi) is 3.41. The molecule has 4 nitrogen and oxygen atoms in total. The molecule has 18 heavy (non-hydrogen) atoms. The lowest BCUT2D eigenvalue weighted by molar-refractivity contribution is -0.156. The van der Waals surface area contributed by atoms with Crippen LogP contribution in [0.3, 0.4) is 0 Å². The van der Waals surface area contributed by atoms with E-state index >= 15 is 0 Å². The molecule has 1 aromatic rings. The first kappa shape index (κ1) is 13.1. The number of hydrogen-bond acceptors (Lipinski definition) is 3. The molecule has 1 amide bonds. The quantitative estimate of drug-likeness (QED) is 0.875. The Labute approximate surface area is 108 Å². The third kappa shape index (κ3) is 2.02. The minimum absolute atomic E-state index is 0.0446. The maximum absolute atomic E-state index is 12.5. The van der Waals surface area contributed by atoms with Gasteiger partial charge in [-0.2, -0.15) is 0 Å². The van der Waals surface area contributed by atoms with Crippen molar-refractivity contribution >= 4 is 11.6 Å². The fourth-order valence-corrected chi connectivity index (χ4v) is 2.32. The van der Waals surface area contributed by atoms with Gasteiger partial charge in [0.2, 0.25) is 5.91 Å². The first-order valence-electron chi connectivity index (χ1n) is 6.13. The Balaban J connectivity index is 2.25. The van der Waals surface area contributed by atoms with Crippen LogP contribution in [0.4, 0.5) is 5.69 Å². The van der Waals surface area contributed by atoms with E-state index in [4.69, 9.17) is 10.5 Å². The average Bonchev–Trinajstić information content (AvgIpc) is 2.27. The van der Waals surface area contributed by atoms with Crippen LogP contribution >= 0.6 is 0 Å². The number of hydrogen-bond donors (Lipinski definition) is 1. The molecule has 0 unspecified atom stereocenters. The molecule has 1 saturated heterocycles. The summed E-state index contributed by atoms with van der Waals surface area (Å²) in [5.74, 6) is 0.0446. The third-order valence-electron chi connectivity index (χ3n) is 3.62. The molecule has 0 spiro atoms. The molecule has 2 N–H and O–H groups in total. The summed E-state index contributed by atoms with van der Waals surface area (Å²) in [4.78, 5) is 14.2. The molecule has 0 bridgehead atoms. The van der Waals surface area contributed by atoms with Crippen LogP contribution in [-0.4, -0.2) is 32.7 Å². The van der Waals surface area contributed by atoms with Crippen LogP contribution < -0.4 is 10.6 Å². The molecule has 98 valence electrons. The Bertz CT molecular complexity index is 461. The highest BCUT2D eigenvalue weighted by atomic mass is 16.5. The van der Waals surface area contributed by atoms with E-state index in [9.17, 15) is 4.79 Å². The van der Waals surface area contributed by atoms with Gasteiger partial charge in [-0.1, -0.05) is 17.7 Å². The van der Waals surface area contributed by atoms with E-state index in [1.54, 1.807) is 11.9 Å². The molecular weight excluding hydrogens is 228 g/mol. The van der Waals surface area contributed by atoms with Crippen LogP contribution in [0, 0.1) is 19.3 Å². The van der Waals surface area contributed by atoms with Gasteiger partial charge in [0.15, 0.2) is 0 Å². The number of ether oxygens (including phenoxy) is 1. The summed E-state index contributed by atoms with van der Waals surface area (Å²) >= 11 is 0. The standard InChI is InChI=1S/C14H20N2O2/c1-10-4-5-12(11(2)6-10)16(3)13(17)14(7-15)8-18-9-14/h4-6H,7-9,15H2,1-3H3. The number of nitrogens with zero attached hydrogens (tertiary/aromatic N) is 1. The lowest BCUT2D eigenvalue weighted by Gasteiger charge is -2.41. The predicted molar refractivity (Wildman–Crippen MR) is 71.6 cm³/mol. The first-order chi connectivity index (χ1) is 8.50. The molecule has 4 heteroatoms. The number of amides is 1. The fraction of sp³-hybridized carbons (Fsp3) is 0.500. The highest BCUT2D eigenvalue weighted by Crippen LogP contribution is 2.31. The minimum atomic E-state index is -0.522. The number of aryl methyl sites for hydroxylation is 2. The van der Waals surface area contributed by atoms with E-state index in [0.29, 0.717) is 19.8 Å². The monoisotopic (exact) mass is 248 g/mol. The molecule has 1 fully saturated rings. The van der Waals surface area contributed by atoms with Crippen molar-refractivity contribution in [1.29, 1.82) is 0 Å². The van der Waals surface area contributed by atoms with Crippen molar-refractivity contribution in [1.82, 2.24) is 0 Å². The third-order valence-corrected chi connectivity index (χ3v) is 3.62. The highest BCUT2D eigenvalue weighted by molar-refractivity contribution is 5.98. The second-order valence-corrected chi connectivity index (χ2v) is 5.13. The van der Waals surface area contributed by atoms with Crippen LogP contribution in [0.1, 0.15) is 11.1 Å². The van der Waals surface area contributed by atoms with Crippen molar-refractivity contribution in [2.75, 3.05) is 31.7 Å². The van der Waals surface area contributed by atoms with Gasteiger partial charge in [0.05, 0.1) is 13.2 Å². The summed E-state index contributed by atoms with van der Waals surface area (Å²) in [6, 6.07) is 6.07. The van der Waals surface area contributed by atoms with Gasteiger partial charge in [-0.05, 0) is 25.5 Å². The average molecular weight is 248 g/mol. The number of anilines is 1. The fourth-order valence-electron chi connectivity index (χ4n) is 2.32. The summed E-state index contributed by atoms with van der Waals surface area (Å²) in [7, 11) is 1.80. The zero-order valence-corrected chi connectivity index (χ0v) is 11.2. The molecule has 0 aliphatic carbocycles. The molecule has 0 atom stereocenters. The minimum Gasteiger partial charge on any atom is -0.379 e. The molecule has 1 aromatic carbocycles. The lowest BCUT2D eigenvalue weighted by Crippen LogP contribution is -2.58. The van der Waals surface area contributed by atoms with E-state index in [1.807, 2.05) is 26.0 Å². The van der Waals surface area contributed by atoms with Crippen LogP contribution in [-0.2, 0) is 9.53 Å². The van der Waals surface area contributed by atoms with E-state index in [1.165, 1.54) is 5.56 Å². The van der Waals surface area contributed by atoms with Crippen LogP contribution in [0.2, 0.25) is 0 Å². The zero-order valence-electron chi connectivity index (χ0n) is 11.2. The van der Waals surface area contributed by atoms with Crippen LogP contribution in [0.5, 0.6) is 0 Å². The summed E-state index contributed by atoms with van der Waals surface area (Å²) in [5, 5.41) is 0. The Morgan fingerprint density at radius 3 is 2.56 bits per heavy atom. The topological polar surface area (TPSA) is 55.6 Å². The zero-order chi connectivity index (χ0) is 13.3. The van der Waals surface area contributed by atoms with Crippen LogP contribution in [0.25, 0.3) is 0 Å². The van der Waals surface area contributed by atoms with E-state index in [-0.39, 0.29) is 5.91 Å². The van der Waals surface area contributed by atoms with E-state index in [2.05, 4.69) is 6.07 Å². The number of carbonyl (C=O) groups is 1. The first-order valence-corrected chi connectivity index (χ1v) is 6.13. The van der Waals surface area contributed by atoms with Gasteiger partial charge in [0, 0.05) is 19.3 Å². The van der Waals surface area contributed by atoms with Gasteiger partial charge >= 0.3 is 0 Å². The Hall–Kier alpha value is -1.39. The van der Waals surface area contributed by atoms with Gasteiger partial charge in [0.1, 0.15) is 5.41 Å². The molecule has 1 heterocycles. The highest BCUT2D eigenvalue weighted by Gasteiger charge is 2.46. The molecule has 0 saturated carbocycles. The number of carbonyl (C=O) groups excluding carboxylic acids is 1. The van der Waals surface area contributed by atoms with Gasteiger partial charge in [-0.25, -0.2) is 0 Å². The molecule has 2 rings (SSSR count). The lowest BCUT2D eigenvalue weighted by atomic mass is 9.84. The second-order valence-electron chi connectivity index (χ2n) is 5.13. The summed E-state index contributed by atoms with van der Waals surface area (Å²) < 4.78 is 5.16. The Morgan fingerprint density at radius 2 is 2.11 bits per heavy atom. The van der Waals surface area contributed by atoms with Crippen molar-refractivity contribution in [2.45, 2.75) is 13.8 Å². The van der Waals surface area contributed by atoms with Crippen molar-refractivity contribution < 1.29 is 9.53 Å². The summed E-state index contributed by atoms with van der Waals surface area (Å²) in [6.07, 6.45) is 0. The van der Waals surface area contributed by atoms with Crippen molar-refractivity contribution in [2.24, 2.45) is 11.1 Å². The summed E-state index contributed by atoms with van der Waals surface area (Å²) in [6.45, 7) is 5.24. The molecule has 1 aliphatic heterocycles. The SMILES string of the molecule is Cc1ccc(N(C)C(=O)C2(CN)COC2)c(C)c1. The summed E-state index contributed by atoms with van der Waals surface area (Å²) in [5.41, 5.74) is 8.42. The van der Waals surface area contributed by atoms with Gasteiger partial charge in [0.25, 0.3) is 0 Å². The van der Waals surface area contributed by atoms with E-state index in [0.717, 1.165) is 11.3 Å². The number of rotatable bonds is 3. The van der Waals surface area contributed by atoms with Gasteiger partial charge in [-0.15, -0.1) is 0 Å². The van der Waals surface area contributed by atoms with E-state index < -0.39 is 5.41 Å². The largest absolute Gasteiger partial charge is 0.379 e. The molecule has 0 radical (unpaired) electrons. The number of benzene rings is 1. The van der Waals surface area contributed by atoms with Crippen molar-refractivity contribution in [3.63, 3.8) is 0 Å². The second kappa shape index (κ2) is 4.71. The normalized spacial score (nSPS) is 17.1. The molecule has 0 aromatic heterocycles. The van der Waals surface area contributed by atoms with Gasteiger partial charge in [-0.3, -0.25) is 4.79 Å². The predicted octanol–water partition coefficient (Wildman–Crippen LogP) is 1.24. The van der Waals surface area contributed by atoms with Crippen LogP contribution in [0.15, 0.2) is 18.2 Å².